The second-order valence-corrected chi connectivity index (χ2v) is 7.18. The van der Waals surface area contributed by atoms with Gasteiger partial charge in [-0.3, -0.25) is 14.5 Å². The molecule has 0 atom stereocenters. The van der Waals surface area contributed by atoms with Gasteiger partial charge in [-0.1, -0.05) is 24.3 Å². The van der Waals surface area contributed by atoms with Gasteiger partial charge in [0.2, 0.25) is 0 Å². The van der Waals surface area contributed by atoms with E-state index in [0.29, 0.717) is 17.8 Å². The van der Waals surface area contributed by atoms with Crippen LogP contribution in [-0.2, 0) is 16.6 Å². The van der Waals surface area contributed by atoms with Crippen molar-refractivity contribution in [2.45, 2.75) is 11.4 Å². The van der Waals surface area contributed by atoms with E-state index in [0.717, 1.165) is 5.69 Å². The van der Waals surface area contributed by atoms with E-state index >= 15 is 0 Å². The van der Waals surface area contributed by atoms with Crippen molar-refractivity contribution >= 4 is 21.6 Å². The molecule has 2 aromatic carbocycles. The van der Waals surface area contributed by atoms with E-state index in [2.05, 4.69) is 15.0 Å². The number of aromatic nitrogens is 1. The van der Waals surface area contributed by atoms with Crippen molar-refractivity contribution in [3.05, 3.63) is 90.3 Å². The Balaban J connectivity index is 1.66. The third-order valence-corrected chi connectivity index (χ3v) is 5.01. The van der Waals surface area contributed by atoms with E-state index in [4.69, 9.17) is 0 Å². The molecule has 2 N–H and O–H groups in total. The predicted octanol–water partition coefficient (Wildman–Crippen LogP) is 2.81. The molecule has 0 saturated carbocycles. The molecule has 1 amide bonds. The number of hydrogen-bond acceptors (Lipinski definition) is 4. The molecule has 1 aromatic heterocycles. The van der Waals surface area contributed by atoms with Crippen molar-refractivity contribution < 1.29 is 13.2 Å². The number of nitrogens with one attached hydrogen (secondary N) is 2. The minimum absolute atomic E-state index is 0.0858. The number of anilines is 1. The number of nitrogens with zero attached hydrogens (tertiary/aromatic N) is 1. The Bertz CT molecular complexity index is 974. The molecule has 0 aliphatic heterocycles. The van der Waals surface area contributed by atoms with Crippen LogP contribution >= 0.6 is 0 Å². The maximum Gasteiger partial charge on any atom is 0.261 e. The average Bonchev–Trinajstić information content (AvgIpc) is 2.67. The lowest BCUT2D eigenvalue weighted by atomic mass is 10.2. The minimum Gasteiger partial charge on any atom is -0.346 e. The van der Waals surface area contributed by atoms with Crippen LogP contribution in [0.15, 0.2) is 83.9 Å². The van der Waals surface area contributed by atoms with Crippen molar-refractivity contribution in [1.82, 2.24) is 10.3 Å². The van der Waals surface area contributed by atoms with Gasteiger partial charge in [0.1, 0.15) is 0 Å². The molecule has 0 saturated heterocycles. The second-order valence-electron chi connectivity index (χ2n) is 5.50. The molecule has 0 aliphatic rings. The largest absolute Gasteiger partial charge is 0.346 e. The van der Waals surface area contributed by atoms with Gasteiger partial charge in [-0.2, -0.15) is 0 Å². The maximum atomic E-state index is 12.4. The molecular formula is C19H17N3O3S. The topological polar surface area (TPSA) is 88.2 Å². The first-order valence-corrected chi connectivity index (χ1v) is 9.39. The van der Waals surface area contributed by atoms with Gasteiger partial charge in [-0.05, 0) is 48.5 Å². The van der Waals surface area contributed by atoms with Gasteiger partial charge in [0.25, 0.3) is 15.9 Å². The molecule has 7 heteroatoms. The molecular weight excluding hydrogens is 350 g/mol. The highest BCUT2D eigenvalue weighted by Gasteiger charge is 2.15. The van der Waals surface area contributed by atoms with E-state index in [9.17, 15) is 13.2 Å². The first kappa shape index (κ1) is 17.6. The molecule has 0 aliphatic carbocycles. The van der Waals surface area contributed by atoms with Crippen molar-refractivity contribution in [1.29, 1.82) is 0 Å². The number of hydrogen-bond donors (Lipinski definition) is 2. The zero-order valence-corrected chi connectivity index (χ0v) is 14.6. The number of rotatable bonds is 6. The fourth-order valence-corrected chi connectivity index (χ4v) is 3.34. The van der Waals surface area contributed by atoms with E-state index in [1.165, 1.54) is 24.3 Å². The zero-order valence-electron chi connectivity index (χ0n) is 13.8. The molecule has 26 heavy (non-hydrogen) atoms. The van der Waals surface area contributed by atoms with Crippen LogP contribution in [-0.4, -0.2) is 19.3 Å². The number of carbonyl (C=O) groups is 1. The number of sulfonamides is 1. The third-order valence-electron chi connectivity index (χ3n) is 3.61. The average molecular weight is 367 g/mol. The first-order chi connectivity index (χ1) is 12.5. The molecule has 0 bridgehead atoms. The molecule has 3 aromatic rings. The van der Waals surface area contributed by atoms with Crippen molar-refractivity contribution in [2.75, 3.05) is 4.72 Å². The smallest absolute Gasteiger partial charge is 0.261 e. The van der Waals surface area contributed by atoms with Gasteiger partial charge < -0.3 is 5.32 Å². The van der Waals surface area contributed by atoms with Crippen molar-refractivity contribution in [3.8, 4) is 0 Å². The van der Waals surface area contributed by atoms with Crippen LogP contribution in [0.2, 0.25) is 0 Å². The van der Waals surface area contributed by atoms with Gasteiger partial charge >= 0.3 is 0 Å². The van der Waals surface area contributed by atoms with Crippen LogP contribution in [0.3, 0.4) is 0 Å². The van der Waals surface area contributed by atoms with Gasteiger partial charge in [0, 0.05) is 17.4 Å². The van der Waals surface area contributed by atoms with Crippen LogP contribution in [0.4, 0.5) is 5.69 Å². The summed E-state index contributed by atoms with van der Waals surface area (Å²) < 4.78 is 27.2. The molecule has 132 valence electrons. The minimum atomic E-state index is -3.70. The third kappa shape index (κ3) is 4.46. The number of amides is 1. The normalized spacial score (nSPS) is 10.9. The lowest BCUT2D eigenvalue weighted by Gasteiger charge is -2.09. The Labute approximate surface area is 152 Å². The summed E-state index contributed by atoms with van der Waals surface area (Å²) in [5.41, 5.74) is 1.59. The Kier molecular flexibility index (Phi) is 5.28. The number of pyridine rings is 1. The molecule has 0 fully saturated rings. The van der Waals surface area contributed by atoms with Crippen LogP contribution in [0.1, 0.15) is 16.1 Å². The van der Waals surface area contributed by atoms with Crippen LogP contribution in [0, 0.1) is 0 Å². The van der Waals surface area contributed by atoms with Crippen LogP contribution in [0.5, 0.6) is 0 Å². The lowest BCUT2D eigenvalue weighted by molar-refractivity contribution is 0.0950. The number of para-hydroxylation sites is 1. The fraction of sp³-hybridized carbons (Fsp3) is 0.0526. The van der Waals surface area contributed by atoms with E-state index in [1.54, 1.807) is 42.6 Å². The summed E-state index contributed by atoms with van der Waals surface area (Å²) in [5, 5.41) is 2.75. The van der Waals surface area contributed by atoms with Gasteiger partial charge in [0.05, 0.1) is 17.1 Å². The lowest BCUT2D eigenvalue weighted by Crippen LogP contribution is -2.23. The Morgan fingerprint density at radius 1 is 0.885 bits per heavy atom. The summed E-state index contributed by atoms with van der Waals surface area (Å²) >= 11 is 0. The highest BCUT2D eigenvalue weighted by molar-refractivity contribution is 7.92. The molecule has 0 radical (unpaired) electrons. The Hall–Kier alpha value is -3.19. The molecule has 3 rings (SSSR count). The van der Waals surface area contributed by atoms with Crippen LogP contribution < -0.4 is 10.0 Å². The monoisotopic (exact) mass is 367 g/mol. The standard InChI is InChI=1S/C19H17N3O3S/c23-19(21-14-17-8-4-5-13-20-17)15-9-11-18(12-10-15)26(24,25)22-16-6-2-1-3-7-16/h1-13,22H,14H2,(H,21,23). The summed E-state index contributed by atoms with van der Waals surface area (Å²) in [6, 6.07) is 19.8. The van der Waals surface area contributed by atoms with Crippen molar-refractivity contribution in [2.24, 2.45) is 0 Å². The van der Waals surface area contributed by atoms with Crippen LogP contribution in [0.25, 0.3) is 0 Å². The van der Waals surface area contributed by atoms with Crippen molar-refractivity contribution in [3.63, 3.8) is 0 Å². The number of carbonyl (C=O) groups excluding carboxylic acids is 1. The molecule has 1 heterocycles. The Morgan fingerprint density at radius 2 is 1.58 bits per heavy atom. The molecule has 6 nitrogen and oxygen atoms in total. The summed E-state index contributed by atoms with van der Waals surface area (Å²) in [6.45, 7) is 0.301. The molecule has 0 unspecified atom stereocenters. The van der Waals surface area contributed by atoms with E-state index in [-0.39, 0.29) is 10.8 Å². The summed E-state index contributed by atoms with van der Waals surface area (Å²) in [7, 11) is -3.70. The quantitative estimate of drug-likeness (QED) is 0.701. The number of benzene rings is 2. The van der Waals surface area contributed by atoms with E-state index < -0.39 is 10.0 Å². The van der Waals surface area contributed by atoms with E-state index in [1.807, 2.05) is 12.1 Å². The highest BCUT2D eigenvalue weighted by Crippen LogP contribution is 2.16. The van der Waals surface area contributed by atoms with Gasteiger partial charge in [0.15, 0.2) is 0 Å². The summed E-state index contributed by atoms with van der Waals surface area (Å²) in [6.07, 6.45) is 1.65. The highest BCUT2D eigenvalue weighted by atomic mass is 32.2. The predicted molar refractivity (Wildman–Crippen MR) is 99.1 cm³/mol. The van der Waals surface area contributed by atoms with Gasteiger partial charge in [-0.25, -0.2) is 8.42 Å². The van der Waals surface area contributed by atoms with Gasteiger partial charge in [-0.15, -0.1) is 0 Å². The maximum absolute atomic E-state index is 12.4. The first-order valence-electron chi connectivity index (χ1n) is 7.91. The SMILES string of the molecule is O=C(NCc1ccccn1)c1ccc(S(=O)(=O)Nc2ccccc2)cc1. The summed E-state index contributed by atoms with van der Waals surface area (Å²) in [4.78, 5) is 16.4. The summed E-state index contributed by atoms with van der Waals surface area (Å²) in [5.74, 6) is -0.296. The zero-order chi connectivity index (χ0) is 18.4. The molecule has 0 spiro atoms. The fourth-order valence-electron chi connectivity index (χ4n) is 2.28. The Morgan fingerprint density at radius 3 is 2.23 bits per heavy atom. The second kappa shape index (κ2) is 7.79.